The van der Waals surface area contributed by atoms with Crippen molar-refractivity contribution in [3.63, 3.8) is 0 Å². The van der Waals surface area contributed by atoms with Gasteiger partial charge in [-0.2, -0.15) is 0 Å². The monoisotopic (exact) mass is 388 g/mol. The third-order valence-corrected chi connectivity index (χ3v) is 4.19. The Labute approximate surface area is 160 Å². The summed E-state index contributed by atoms with van der Waals surface area (Å²) in [4.78, 5) is 28.3. The topological polar surface area (TPSA) is 90.7 Å². The van der Waals surface area contributed by atoms with Gasteiger partial charge >= 0.3 is 5.97 Å². The number of rotatable bonds is 6. The minimum absolute atomic E-state index is 0.0232. The van der Waals surface area contributed by atoms with Crippen molar-refractivity contribution in [1.29, 1.82) is 0 Å². The van der Waals surface area contributed by atoms with Gasteiger partial charge in [0.1, 0.15) is 11.3 Å². The number of nitrogens with one attached hydrogen (secondary N) is 1. The van der Waals surface area contributed by atoms with Crippen LogP contribution in [0.3, 0.4) is 0 Å². The molecule has 0 radical (unpaired) electrons. The molecular formula is C19H17ClN2O5. The molecular weight excluding hydrogens is 372 g/mol. The van der Waals surface area contributed by atoms with E-state index in [-0.39, 0.29) is 11.6 Å². The molecule has 27 heavy (non-hydrogen) atoms. The van der Waals surface area contributed by atoms with Gasteiger partial charge < -0.3 is 19.2 Å². The fraction of sp³-hybridized carbons (Fsp3) is 0.211. The van der Waals surface area contributed by atoms with E-state index < -0.39 is 18.0 Å². The first kappa shape index (κ1) is 18.7. The molecule has 0 aliphatic carbocycles. The zero-order valence-electron chi connectivity index (χ0n) is 14.7. The van der Waals surface area contributed by atoms with Crippen LogP contribution in [0.25, 0.3) is 11.0 Å². The molecule has 1 unspecified atom stereocenters. The van der Waals surface area contributed by atoms with Crippen molar-refractivity contribution in [2.75, 3.05) is 12.4 Å². The highest BCUT2D eigenvalue weighted by Gasteiger charge is 2.20. The van der Waals surface area contributed by atoms with Gasteiger partial charge in [0.15, 0.2) is 11.3 Å². The van der Waals surface area contributed by atoms with Crippen LogP contribution in [0.5, 0.6) is 5.75 Å². The number of esters is 1. The number of pyridine rings is 1. The van der Waals surface area contributed by atoms with E-state index in [2.05, 4.69) is 10.3 Å². The summed E-state index contributed by atoms with van der Waals surface area (Å²) in [6, 6.07) is 8.56. The molecule has 2 heterocycles. The second-order valence-electron chi connectivity index (χ2n) is 5.76. The molecule has 1 aromatic carbocycles. The van der Waals surface area contributed by atoms with Gasteiger partial charge in [-0.25, -0.2) is 4.98 Å². The summed E-state index contributed by atoms with van der Waals surface area (Å²) in [6.07, 6.45) is 1.98. The molecule has 140 valence electrons. The van der Waals surface area contributed by atoms with E-state index in [1.807, 2.05) is 0 Å². The quantitative estimate of drug-likeness (QED) is 0.512. The summed E-state index contributed by atoms with van der Waals surface area (Å²) >= 11 is 5.90. The number of amides is 1. The van der Waals surface area contributed by atoms with Gasteiger partial charge in [0.2, 0.25) is 0 Å². The number of halogens is 1. The minimum Gasteiger partial charge on any atom is -0.497 e. The number of methoxy groups -OCH3 is 1. The van der Waals surface area contributed by atoms with E-state index in [4.69, 9.17) is 25.5 Å². The minimum atomic E-state index is -0.993. The van der Waals surface area contributed by atoms with Crippen LogP contribution in [0.1, 0.15) is 12.5 Å². The lowest BCUT2D eigenvalue weighted by molar-refractivity contribution is -0.152. The van der Waals surface area contributed by atoms with Crippen molar-refractivity contribution < 1.29 is 23.5 Å². The third-order valence-electron chi connectivity index (χ3n) is 3.89. The number of hydrogen-bond acceptors (Lipinski definition) is 6. The summed E-state index contributed by atoms with van der Waals surface area (Å²) in [5, 5.41) is 3.51. The number of fused-ring (bicyclic) bond motifs is 1. The molecule has 2 aromatic heterocycles. The number of carbonyl (C=O) groups excluding carboxylic acids is 2. The Hall–Kier alpha value is -3.06. The summed E-state index contributed by atoms with van der Waals surface area (Å²) in [7, 11) is 1.56. The summed E-state index contributed by atoms with van der Waals surface area (Å²) < 4.78 is 15.8. The zero-order valence-corrected chi connectivity index (χ0v) is 15.4. The van der Waals surface area contributed by atoms with Gasteiger partial charge in [-0.3, -0.25) is 9.59 Å². The first-order valence-electron chi connectivity index (χ1n) is 8.13. The van der Waals surface area contributed by atoms with Crippen LogP contribution in [-0.4, -0.2) is 30.1 Å². The second kappa shape index (κ2) is 8.09. The predicted molar refractivity (Wildman–Crippen MR) is 99.9 cm³/mol. The van der Waals surface area contributed by atoms with E-state index in [0.29, 0.717) is 22.6 Å². The normalized spacial score (nSPS) is 11.8. The Morgan fingerprint density at radius 1 is 1.33 bits per heavy atom. The molecule has 1 amide bonds. The molecule has 3 rings (SSSR count). The standard InChI is InChI=1S/C19H17ClN2O5/c1-11(19(24)22-15-4-3-7-21-18(15)20)27-17(23)8-12-10-26-16-9-13(25-2)5-6-14(12)16/h3-7,9-11H,8H2,1-2H3,(H,22,24). The third kappa shape index (κ3) is 4.38. The van der Waals surface area contributed by atoms with Crippen molar-refractivity contribution in [2.45, 2.75) is 19.4 Å². The van der Waals surface area contributed by atoms with Gasteiger partial charge in [-0.15, -0.1) is 0 Å². The highest BCUT2D eigenvalue weighted by atomic mass is 35.5. The Morgan fingerprint density at radius 2 is 2.15 bits per heavy atom. The van der Waals surface area contributed by atoms with Crippen molar-refractivity contribution in [3.05, 3.63) is 53.5 Å². The molecule has 1 atom stereocenters. The van der Waals surface area contributed by atoms with E-state index in [9.17, 15) is 9.59 Å². The maximum absolute atomic E-state index is 12.2. The fourth-order valence-electron chi connectivity index (χ4n) is 2.49. The maximum Gasteiger partial charge on any atom is 0.311 e. The van der Waals surface area contributed by atoms with Crippen LogP contribution in [0.4, 0.5) is 5.69 Å². The van der Waals surface area contributed by atoms with E-state index in [0.717, 1.165) is 5.39 Å². The largest absolute Gasteiger partial charge is 0.497 e. The maximum atomic E-state index is 12.2. The molecule has 0 aliphatic heterocycles. The summed E-state index contributed by atoms with van der Waals surface area (Å²) in [6.45, 7) is 1.48. The Bertz CT molecular complexity index is 985. The molecule has 7 nitrogen and oxygen atoms in total. The molecule has 0 aliphatic rings. The number of ether oxygens (including phenoxy) is 2. The Morgan fingerprint density at radius 3 is 2.89 bits per heavy atom. The molecule has 3 aromatic rings. The molecule has 0 saturated heterocycles. The average Bonchev–Trinajstić information content (AvgIpc) is 3.05. The van der Waals surface area contributed by atoms with E-state index in [1.165, 1.54) is 19.4 Å². The molecule has 0 saturated carbocycles. The first-order chi connectivity index (χ1) is 13.0. The van der Waals surface area contributed by atoms with Crippen LogP contribution in [0.15, 0.2) is 47.2 Å². The van der Waals surface area contributed by atoms with Gasteiger partial charge in [-0.1, -0.05) is 11.6 Å². The van der Waals surface area contributed by atoms with Crippen LogP contribution >= 0.6 is 11.6 Å². The van der Waals surface area contributed by atoms with Crippen molar-refractivity contribution in [1.82, 2.24) is 4.98 Å². The molecule has 0 fully saturated rings. The van der Waals surface area contributed by atoms with Gasteiger partial charge in [0, 0.05) is 23.2 Å². The number of anilines is 1. The molecule has 0 spiro atoms. The summed E-state index contributed by atoms with van der Waals surface area (Å²) in [5.41, 5.74) is 1.62. The lowest BCUT2D eigenvalue weighted by Gasteiger charge is -2.13. The smallest absolute Gasteiger partial charge is 0.311 e. The Kier molecular flexibility index (Phi) is 5.61. The Balaban J connectivity index is 1.62. The number of carbonyl (C=O) groups is 2. The highest BCUT2D eigenvalue weighted by Crippen LogP contribution is 2.26. The molecule has 0 bridgehead atoms. The lowest BCUT2D eigenvalue weighted by atomic mass is 10.1. The molecule has 8 heteroatoms. The number of nitrogens with zero attached hydrogens (tertiary/aromatic N) is 1. The van der Waals surface area contributed by atoms with Crippen LogP contribution in [0, 0.1) is 0 Å². The number of benzene rings is 1. The van der Waals surface area contributed by atoms with Gasteiger partial charge in [0.05, 0.1) is 25.5 Å². The van der Waals surface area contributed by atoms with Crippen molar-refractivity contribution >= 4 is 40.1 Å². The van der Waals surface area contributed by atoms with Gasteiger partial charge in [-0.05, 0) is 31.2 Å². The predicted octanol–water partition coefficient (Wildman–Crippen LogP) is 3.60. The second-order valence-corrected chi connectivity index (χ2v) is 6.12. The molecule has 1 N–H and O–H groups in total. The van der Waals surface area contributed by atoms with E-state index in [1.54, 1.807) is 37.4 Å². The fourth-order valence-corrected chi connectivity index (χ4v) is 2.66. The van der Waals surface area contributed by atoms with Crippen LogP contribution < -0.4 is 10.1 Å². The zero-order chi connectivity index (χ0) is 19.4. The first-order valence-corrected chi connectivity index (χ1v) is 8.50. The highest BCUT2D eigenvalue weighted by molar-refractivity contribution is 6.32. The lowest BCUT2D eigenvalue weighted by Crippen LogP contribution is -2.30. The number of furan rings is 1. The van der Waals surface area contributed by atoms with Gasteiger partial charge in [0.25, 0.3) is 5.91 Å². The SMILES string of the molecule is COc1ccc2c(CC(=O)OC(C)C(=O)Nc3cccnc3Cl)coc2c1. The van der Waals surface area contributed by atoms with Crippen LogP contribution in [0.2, 0.25) is 5.15 Å². The average molecular weight is 389 g/mol. The van der Waals surface area contributed by atoms with Crippen molar-refractivity contribution in [3.8, 4) is 5.75 Å². The summed E-state index contributed by atoms with van der Waals surface area (Å²) in [5.74, 6) is -0.390. The number of aromatic nitrogens is 1. The van der Waals surface area contributed by atoms with Crippen LogP contribution in [-0.2, 0) is 20.7 Å². The van der Waals surface area contributed by atoms with Crippen molar-refractivity contribution in [2.24, 2.45) is 0 Å². The van der Waals surface area contributed by atoms with E-state index >= 15 is 0 Å². The number of hydrogen-bond donors (Lipinski definition) is 1.